The average Bonchev–Trinajstić information content (AvgIpc) is 3.77. The highest BCUT2D eigenvalue weighted by atomic mass is 32.1. The van der Waals surface area contributed by atoms with Crippen LogP contribution in [0.25, 0.3) is 0 Å². The summed E-state index contributed by atoms with van der Waals surface area (Å²) in [5.41, 5.74) is 0.891. The van der Waals surface area contributed by atoms with Crippen molar-refractivity contribution in [2.75, 3.05) is 18.4 Å². The van der Waals surface area contributed by atoms with Gasteiger partial charge in [-0.15, -0.1) is 11.3 Å². The van der Waals surface area contributed by atoms with E-state index in [0.717, 1.165) is 94.0 Å². The maximum absolute atomic E-state index is 13.7. The van der Waals surface area contributed by atoms with Crippen LogP contribution in [0.2, 0.25) is 0 Å². The first-order valence-electron chi connectivity index (χ1n) is 26.9. The molecule has 10 nitrogen and oxygen atoms in total. The highest BCUT2D eigenvalue weighted by Gasteiger charge is 2.30. The van der Waals surface area contributed by atoms with Crippen LogP contribution in [0, 0.1) is 0 Å². The number of allylic oxidation sites excluding steroid dienone is 24. The Bertz CT molecular complexity index is 2030. The Labute approximate surface area is 438 Å². The first-order valence-corrected chi connectivity index (χ1v) is 27.7. The lowest BCUT2D eigenvalue weighted by Crippen LogP contribution is -2.43. The predicted octanol–water partition coefficient (Wildman–Crippen LogP) is 15.1. The van der Waals surface area contributed by atoms with Crippen molar-refractivity contribution in [1.29, 1.82) is 0 Å². The molecule has 4 amide bonds. The fourth-order valence-corrected chi connectivity index (χ4v) is 8.66. The number of rotatable bonds is 39. The summed E-state index contributed by atoms with van der Waals surface area (Å²) in [6.07, 6.45) is 68.4. The van der Waals surface area contributed by atoms with E-state index in [2.05, 4.69) is 163 Å². The van der Waals surface area contributed by atoms with Gasteiger partial charge >= 0.3 is 6.09 Å². The van der Waals surface area contributed by atoms with Gasteiger partial charge in [0.05, 0.1) is 5.69 Å². The van der Waals surface area contributed by atoms with Gasteiger partial charge in [0, 0.05) is 43.3 Å². The molecule has 72 heavy (non-hydrogen) atoms. The Hall–Kier alpha value is -5.81. The third-order valence-corrected chi connectivity index (χ3v) is 12.5. The minimum Gasteiger partial charge on any atom is -0.465 e. The SMILES string of the molecule is CC/C=C\C/C=C\C/C=C\C/C=C\C/C=C\C/C=C\CCC(=O)NCCCC[C@H](NC(=O)CC/C=C\C/C=C\C/C=C\C/C=C\C/C=C\C/C=C\CC)C(=O)Nc1nc2c(s1)C[C@H](N(CCC)C(=O)O)CC2. The first kappa shape index (κ1) is 62.3. The molecule has 0 spiro atoms. The number of carboxylic acid groups (broad SMARTS) is 1. The summed E-state index contributed by atoms with van der Waals surface area (Å²) in [5.74, 6) is -0.551. The second kappa shape index (κ2) is 43.9. The highest BCUT2D eigenvalue weighted by molar-refractivity contribution is 7.15. The van der Waals surface area contributed by atoms with E-state index >= 15 is 0 Å². The summed E-state index contributed by atoms with van der Waals surface area (Å²) in [6.45, 7) is 7.22. The number of anilines is 1. The second-order valence-corrected chi connectivity index (χ2v) is 18.7. The van der Waals surface area contributed by atoms with Crippen molar-refractivity contribution in [2.45, 2.75) is 181 Å². The number of carbonyl (C=O) groups excluding carboxylic acids is 3. The number of hydrogen-bond acceptors (Lipinski definition) is 6. The Morgan fingerprint density at radius 2 is 1.04 bits per heavy atom. The summed E-state index contributed by atoms with van der Waals surface area (Å²) >= 11 is 1.38. The van der Waals surface area contributed by atoms with Crippen LogP contribution in [0.4, 0.5) is 9.93 Å². The minimum absolute atomic E-state index is 0.0114. The van der Waals surface area contributed by atoms with E-state index in [1.807, 2.05) is 19.1 Å². The third kappa shape index (κ3) is 33.0. The van der Waals surface area contributed by atoms with Gasteiger partial charge in [-0.25, -0.2) is 9.78 Å². The molecule has 1 aliphatic carbocycles. The zero-order valence-corrected chi connectivity index (χ0v) is 44.9. The summed E-state index contributed by atoms with van der Waals surface area (Å²) in [5, 5.41) is 19.1. The molecule has 0 fully saturated rings. The lowest BCUT2D eigenvalue weighted by atomic mass is 9.96. The number of aromatic nitrogens is 1. The van der Waals surface area contributed by atoms with Crippen molar-refractivity contribution in [3.8, 4) is 0 Å². The molecule has 2 rings (SSSR count). The van der Waals surface area contributed by atoms with Gasteiger partial charge in [-0.1, -0.05) is 167 Å². The number of hydrogen-bond donors (Lipinski definition) is 4. The molecule has 1 aromatic heterocycles. The number of nitrogens with zero attached hydrogens (tertiary/aromatic N) is 2. The van der Waals surface area contributed by atoms with E-state index < -0.39 is 12.1 Å². The van der Waals surface area contributed by atoms with Crippen molar-refractivity contribution >= 4 is 40.3 Å². The highest BCUT2D eigenvalue weighted by Crippen LogP contribution is 2.32. The van der Waals surface area contributed by atoms with Crippen LogP contribution in [-0.2, 0) is 27.2 Å². The fraction of sp³-hybridized carbons (Fsp3) is 0.492. The number of aryl methyl sites for hydroxylation is 1. The number of fused-ring (bicyclic) bond motifs is 1. The summed E-state index contributed by atoms with van der Waals surface area (Å²) < 4.78 is 0. The quantitative estimate of drug-likeness (QED) is 0.0382. The molecule has 0 aliphatic heterocycles. The van der Waals surface area contributed by atoms with Crippen molar-refractivity contribution in [3.05, 3.63) is 156 Å². The number of amides is 4. The summed E-state index contributed by atoms with van der Waals surface area (Å²) in [4.78, 5) is 58.5. The topological polar surface area (TPSA) is 141 Å². The van der Waals surface area contributed by atoms with Crippen molar-refractivity contribution in [2.24, 2.45) is 0 Å². The monoisotopic (exact) mass is 1000 g/mol. The second-order valence-electron chi connectivity index (χ2n) is 17.6. The molecule has 11 heteroatoms. The standard InChI is InChI=1S/C61H89N5O5S/c1-4-7-9-11-13-15-17-19-21-23-25-27-29-31-33-35-37-39-41-46-57(67)62-50-44-43-45-55(59(69)65-60-64-54-49-48-53(52-56(54)72-60)66(51-6-3)61(70)71)63-58(68)47-42-40-38-36-34-32-30-28-26-24-22-20-18-16-14-12-10-8-5-2/h7-10,13-16,19-22,25-28,31-34,37-40,53,55H,4-6,11-12,17-18,23-24,29-30,35-36,41-52H2,1-3H3,(H,62,67)(H,63,68)(H,70,71)(H,64,65,69)/b9-7-,10-8-,15-13-,16-14-,21-19-,22-20-,27-25-,28-26-,33-31-,34-32-,39-37-,40-38-/t53-,55+/m1/s1. The van der Waals surface area contributed by atoms with E-state index in [1.165, 1.54) is 16.2 Å². The Kier molecular flexibility index (Phi) is 38.0. The normalized spacial score (nSPS) is 15.1. The van der Waals surface area contributed by atoms with Crippen molar-refractivity contribution in [1.82, 2.24) is 20.5 Å². The number of carbonyl (C=O) groups is 4. The molecule has 0 unspecified atom stereocenters. The molecule has 1 aromatic rings. The van der Waals surface area contributed by atoms with Crippen molar-refractivity contribution < 1.29 is 24.3 Å². The van der Waals surface area contributed by atoms with Crippen molar-refractivity contribution in [3.63, 3.8) is 0 Å². The molecule has 0 radical (unpaired) electrons. The van der Waals surface area contributed by atoms with Gasteiger partial charge < -0.3 is 26.0 Å². The number of unbranched alkanes of at least 4 members (excludes halogenated alkanes) is 1. The van der Waals surface area contributed by atoms with E-state index in [4.69, 9.17) is 4.98 Å². The Morgan fingerprint density at radius 3 is 1.47 bits per heavy atom. The molecule has 1 aliphatic rings. The van der Waals surface area contributed by atoms with Crippen LogP contribution in [0.1, 0.15) is 166 Å². The molecule has 4 N–H and O–H groups in total. The van der Waals surface area contributed by atoms with E-state index in [9.17, 15) is 24.3 Å². The third-order valence-electron chi connectivity index (χ3n) is 11.5. The Morgan fingerprint density at radius 1 is 0.611 bits per heavy atom. The average molecular weight is 1000 g/mol. The molecule has 1 heterocycles. The molecule has 0 saturated heterocycles. The molecule has 2 atom stereocenters. The fourth-order valence-electron chi connectivity index (χ4n) is 7.58. The largest absolute Gasteiger partial charge is 0.465 e. The van der Waals surface area contributed by atoms with Gasteiger partial charge in [-0.2, -0.15) is 0 Å². The van der Waals surface area contributed by atoms with E-state index in [-0.39, 0.29) is 30.2 Å². The summed E-state index contributed by atoms with van der Waals surface area (Å²) in [6, 6.07) is -0.892. The van der Waals surface area contributed by atoms with Crippen LogP contribution in [0.15, 0.2) is 146 Å². The van der Waals surface area contributed by atoms with Crippen LogP contribution < -0.4 is 16.0 Å². The van der Waals surface area contributed by atoms with E-state index in [0.29, 0.717) is 76.0 Å². The van der Waals surface area contributed by atoms with Gasteiger partial charge in [0.2, 0.25) is 17.7 Å². The van der Waals surface area contributed by atoms with Gasteiger partial charge in [-0.3, -0.25) is 14.4 Å². The molecular weight excluding hydrogens is 915 g/mol. The van der Waals surface area contributed by atoms with Gasteiger partial charge in [0.15, 0.2) is 5.13 Å². The van der Waals surface area contributed by atoms with Crippen LogP contribution in [0.5, 0.6) is 0 Å². The maximum Gasteiger partial charge on any atom is 0.407 e. The molecule has 0 aromatic carbocycles. The zero-order valence-electron chi connectivity index (χ0n) is 44.1. The van der Waals surface area contributed by atoms with E-state index in [1.54, 1.807) is 0 Å². The van der Waals surface area contributed by atoms with Gasteiger partial charge in [0.1, 0.15) is 6.04 Å². The van der Waals surface area contributed by atoms with Gasteiger partial charge in [0.25, 0.3) is 0 Å². The predicted molar refractivity (Wildman–Crippen MR) is 305 cm³/mol. The Balaban J connectivity index is 1.77. The van der Waals surface area contributed by atoms with Crippen LogP contribution in [0.3, 0.4) is 0 Å². The van der Waals surface area contributed by atoms with Crippen LogP contribution in [-0.4, -0.2) is 64.0 Å². The first-order chi connectivity index (χ1) is 35.3. The lowest BCUT2D eigenvalue weighted by molar-refractivity contribution is -0.126. The lowest BCUT2D eigenvalue weighted by Gasteiger charge is -2.31. The van der Waals surface area contributed by atoms with Gasteiger partial charge in [-0.05, 0) is 128 Å². The maximum atomic E-state index is 13.7. The van der Waals surface area contributed by atoms with Crippen LogP contribution >= 0.6 is 11.3 Å². The molecule has 394 valence electrons. The minimum atomic E-state index is -0.914. The number of thiazole rings is 1. The summed E-state index contributed by atoms with van der Waals surface area (Å²) in [7, 11) is 0. The number of nitrogens with one attached hydrogen (secondary N) is 3. The molecule has 0 saturated carbocycles. The zero-order chi connectivity index (χ0) is 52.0. The smallest absolute Gasteiger partial charge is 0.407 e. The molecule has 0 bridgehead atoms. The molecular formula is C61H89N5O5S.